The molecule has 29 heavy (non-hydrogen) atoms. The summed E-state index contributed by atoms with van der Waals surface area (Å²) in [5.74, 6) is 0.861. The first kappa shape index (κ1) is 18.9. The normalized spacial score (nSPS) is 13.1. The maximum absolute atomic E-state index is 12.1. The van der Waals surface area contributed by atoms with Crippen molar-refractivity contribution in [1.82, 2.24) is 14.9 Å². The average molecular weight is 389 g/mol. The molecular weight excluding hydrogens is 366 g/mol. The van der Waals surface area contributed by atoms with Gasteiger partial charge in [0, 0.05) is 25.1 Å². The number of hydrogen-bond acceptors (Lipinski definition) is 4. The number of carbonyl (C=O) groups is 1. The van der Waals surface area contributed by atoms with Crippen LogP contribution < -0.4 is 15.6 Å². The van der Waals surface area contributed by atoms with Gasteiger partial charge in [-0.2, -0.15) is 0 Å². The van der Waals surface area contributed by atoms with Gasteiger partial charge in [0.1, 0.15) is 5.75 Å². The van der Waals surface area contributed by atoms with Gasteiger partial charge in [0.15, 0.2) is 6.61 Å². The predicted octanol–water partition coefficient (Wildman–Crippen LogP) is 2.98. The number of aromatic nitrogens is 2. The highest BCUT2D eigenvalue weighted by Crippen LogP contribution is 2.38. The molecule has 1 N–H and O–H groups in total. The minimum atomic E-state index is -0.229. The van der Waals surface area contributed by atoms with Crippen LogP contribution in [-0.4, -0.2) is 28.6 Å². The molecule has 0 bridgehead atoms. The van der Waals surface area contributed by atoms with Crippen LogP contribution in [0.15, 0.2) is 71.8 Å². The summed E-state index contributed by atoms with van der Waals surface area (Å²) in [4.78, 5) is 28.4. The fraction of sp³-hybridized carbons (Fsp3) is 0.261. The first-order valence-corrected chi connectivity index (χ1v) is 9.80. The summed E-state index contributed by atoms with van der Waals surface area (Å²) in [6, 6.07) is 19.3. The van der Waals surface area contributed by atoms with Gasteiger partial charge in [-0.1, -0.05) is 42.5 Å². The summed E-state index contributed by atoms with van der Waals surface area (Å²) in [5.41, 5.74) is 3.02. The number of nitrogens with one attached hydrogen (secondary N) is 1. The van der Waals surface area contributed by atoms with Crippen molar-refractivity contribution in [3.05, 3.63) is 83.0 Å². The number of ether oxygens (including phenoxy) is 1. The Morgan fingerprint density at radius 2 is 1.79 bits per heavy atom. The molecule has 148 valence electrons. The van der Waals surface area contributed by atoms with Crippen LogP contribution in [0.2, 0.25) is 0 Å². The number of hydrogen-bond donors (Lipinski definition) is 1. The number of benzene rings is 2. The van der Waals surface area contributed by atoms with Gasteiger partial charge in [0.2, 0.25) is 0 Å². The van der Waals surface area contributed by atoms with Crippen molar-refractivity contribution < 1.29 is 9.53 Å². The molecule has 3 aromatic rings. The van der Waals surface area contributed by atoms with Gasteiger partial charge in [-0.25, -0.2) is 4.98 Å². The van der Waals surface area contributed by atoms with Gasteiger partial charge >= 0.3 is 0 Å². The molecule has 1 heterocycles. The minimum Gasteiger partial charge on any atom is -0.484 e. The van der Waals surface area contributed by atoms with Gasteiger partial charge in [-0.3, -0.25) is 14.2 Å². The van der Waals surface area contributed by atoms with Crippen molar-refractivity contribution >= 4 is 5.91 Å². The molecule has 1 amide bonds. The smallest absolute Gasteiger partial charge is 0.258 e. The van der Waals surface area contributed by atoms with Crippen molar-refractivity contribution in [1.29, 1.82) is 0 Å². The zero-order valence-electron chi connectivity index (χ0n) is 16.1. The second kappa shape index (κ2) is 8.73. The number of amides is 1. The molecule has 0 aliphatic heterocycles. The number of rotatable bonds is 8. The molecule has 0 radical (unpaired) electrons. The van der Waals surface area contributed by atoms with Gasteiger partial charge in [-0.15, -0.1) is 0 Å². The highest BCUT2D eigenvalue weighted by molar-refractivity contribution is 5.77. The van der Waals surface area contributed by atoms with E-state index >= 15 is 0 Å². The SMILES string of the molecule is O=C(COc1ccc(-c2ccccc2)cc1)NCCn1cnc(C2CC2)cc1=O. The highest BCUT2D eigenvalue weighted by atomic mass is 16.5. The molecule has 1 aliphatic rings. The average Bonchev–Trinajstić information content (AvgIpc) is 3.60. The lowest BCUT2D eigenvalue weighted by Gasteiger charge is -2.09. The first-order chi connectivity index (χ1) is 14.2. The van der Waals surface area contributed by atoms with E-state index in [2.05, 4.69) is 10.3 Å². The van der Waals surface area contributed by atoms with Crippen molar-refractivity contribution in [2.24, 2.45) is 0 Å². The Bertz CT molecular complexity index is 1030. The van der Waals surface area contributed by atoms with Crippen LogP contribution >= 0.6 is 0 Å². The molecule has 1 aromatic heterocycles. The Labute approximate surface area is 169 Å². The maximum Gasteiger partial charge on any atom is 0.258 e. The molecule has 6 nitrogen and oxygen atoms in total. The summed E-state index contributed by atoms with van der Waals surface area (Å²) < 4.78 is 7.05. The van der Waals surface area contributed by atoms with Crippen molar-refractivity contribution in [2.45, 2.75) is 25.3 Å². The van der Waals surface area contributed by atoms with Crippen LogP contribution in [0, 0.1) is 0 Å². The first-order valence-electron chi connectivity index (χ1n) is 9.80. The predicted molar refractivity (Wildman–Crippen MR) is 111 cm³/mol. The molecule has 0 spiro atoms. The number of carbonyl (C=O) groups excluding carboxylic acids is 1. The van der Waals surface area contributed by atoms with E-state index in [1.54, 1.807) is 12.4 Å². The van der Waals surface area contributed by atoms with Crippen LogP contribution in [-0.2, 0) is 11.3 Å². The molecule has 2 aromatic carbocycles. The van der Waals surface area contributed by atoms with Gasteiger partial charge in [-0.05, 0) is 36.1 Å². The molecule has 0 atom stereocenters. The standard InChI is InChI=1S/C23H23N3O3/c27-22(24-12-13-26-16-25-21(14-23(26)28)19-6-7-19)15-29-20-10-8-18(9-11-20)17-4-2-1-3-5-17/h1-5,8-11,14,16,19H,6-7,12-13,15H2,(H,24,27). The Morgan fingerprint density at radius 1 is 1.07 bits per heavy atom. The lowest BCUT2D eigenvalue weighted by atomic mass is 10.1. The molecule has 0 saturated heterocycles. The lowest BCUT2D eigenvalue weighted by molar-refractivity contribution is -0.123. The van der Waals surface area contributed by atoms with Crippen LogP contribution in [0.3, 0.4) is 0 Å². The summed E-state index contributed by atoms with van der Waals surface area (Å²) in [5, 5.41) is 2.76. The molecule has 6 heteroatoms. The third-order valence-electron chi connectivity index (χ3n) is 4.90. The second-order valence-corrected chi connectivity index (χ2v) is 7.15. The molecular formula is C23H23N3O3. The van der Waals surface area contributed by atoms with E-state index in [0.717, 1.165) is 29.7 Å². The Balaban J connectivity index is 1.21. The van der Waals surface area contributed by atoms with Crippen LogP contribution in [0.4, 0.5) is 0 Å². The van der Waals surface area contributed by atoms with Gasteiger partial charge in [0.25, 0.3) is 11.5 Å². The maximum atomic E-state index is 12.1. The van der Waals surface area contributed by atoms with Crippen molar-refractivity contribution in [2.75, 3.05) is 13.2 Å². The third-order valence-corrected chi connectivity index (χ3v) is 4.90. The Kier molecular flexibility index (Phi) is 5.70. The lowest BCUT2D eigenvalue weighted by Crippen LogP contribution is -2.33. The zero-order valence-corrected chi connectivity index (χ0v) is 16.1. The van der Waals surface area contributed by atoms with Crippen LogP contribution in [0.5, 0.6) is 5.75 Å². The van der Waals surface area contributed by atoms with Gasteiger partial charge in [0.05, 0.1) is 12.0 Å². The summed E-state index contributed by atoms with van der Waals surface area (Å²) in [6.45, 7) is 0.659. The molecule has 1 aliphatic carbocycles. The minimum absolute atomic E-state index is 0.0710. The van der Waals surface area contributed by atoms with E-state index < -0.39 is 0 Å². The highest BCUT2D eigenvalue weighted by Gasteiger charge is 2.25. The fourth-order valence-corrected chi connectivity index (χ4v) is 3.10. The monoisotopic (exact) mass is 389 g/mol. The van der Waals surface area contributed by atoms with E-state index in [0.29, 0.717) is 24.8 Å². The third kappa shape index (κ3) is 5.10. The van der Waals surface area contributed by atoms with E-state index in [1.165, 1.54) is 4.57 Å². The van der Waals surface area contributed by atoms with Crippen LogP contribution in [0.1, 0.15) is 24.5 Å². The zero-order chi connectivity index (χ0) is 20.1. The van der Waals surface area contributed by atoms with E-state index in [1.807, 2.05) is 54.6 Å². The van der Waals surface area contributed by atoms with E-state index in [4.69, 9.17) is 4.74 Å². The summed E-state index contributed by atoms with van der Waals surface area (Å²) >= 11 is 0. The van der Waals surface area contributed by atoms with Crippen LogP contribution in [0.25, 0.3) is 11.1 Å². The summed E-state index contributed by atoms with van der Waals surface area (Å²) in [7, 11) is 0. The van der Waals surface area contributed by atoms with Crippen molar-refractivity contribution in [3.8, 4) is 16.9 Å². The van der Waals surface area contributed by atoms with Crippen molar-refractivity contribution in [3.63, 3.8) is 0 Å². The topological polar surface area (TPSA) is 73.2 Å². The molecule has 1 fully saturated rings. The quantitative estimate of drug-likeness (QED) is 0.643. The van der Waals surface area contributed by atoms with Gasteiger partial charge < -0.3 is 10.1 Å². The summed E-state index contributed by atoms with van der Waals surface area (Å²) in [6.07, 6.45) is 3.79. The molecule has 4 rings (SSSR count). The number of nitrogens with zero attached hydrogens (tertiary/aromatic N) is 2. The largest absolute Gasteiger partial charge is 0.484 e. The molecule has 0 unspecified atom stereocenters. The van der Waals surface area contributed by atoms with E-state index in [-0.39, 0.29) is 18.1 Å². The fourth-order valence-electron chi connectivity index (χ4n) is 3.10. The second-order valence-electron chi connectivity index (χ2n) is 7.15. The Hall–Kier alpha value is -3.41. The molecule has 1 saturated carbocycles. The Morgan fingerprint density at radius 3 is 2.48 bits per heavy atom. The van der Waals surface area contributed by atoms with E-state index in [9.17, 15) is 9.59 Å².